The third-order valence-corrected chi connectivity index (χ3v) is 4.94. The molecule has 1 aromatic rings. The highest BCUT2D eigenvalue weighted by Gasteiger charge is 2.10. The van der Waals surface area contributed by atoms with E-state index < -0.39 is 18.1 Å². The molecule has 0 fully saturated rings. The fourth-order valence-electron chi connectivity index (χ4n) is 1.52. The van der Waals surface area contributed by atoms with Crippen molar-refractivity contribution in [2.24, 2.45) is 5.73 Å². The number of nitrogens with zero attached hydrogens (tertiary/aromatic N) is 1. The van der Waals surface area contributed by atoms with Gasteiger partial charge in [-0.25, -0.2) is 9.78 Å². The highest BCUT2D eigenvalue weighted by atomic mass is 33.1. The molecular weight excluding hydrogens is 338 g/mol. The van der Waals surface area contributed by atoms with E-state index in [1.54, 1.807) is 17.0 Å². The summed E-state index contributed by atoms with van der Waals surface area (Å²) in [5.41, 5.74) is 5.37. The van der Waals surface area contributed by atoms with Gasteiger partial charge in [-0.3, -0.25) is 4.79 Å². The van der Waals surface area contributed by atoms with Crippen molar-refractivity contribution < 1.29 is 19.4 Å². The van der Waals surface area contributed by atoms with Crippen molar-refractivity contribution in [3.63, 3.8) is 0 Å². The molecule has 7 nitrogen and oxygen atoms in total. The van der Waals surface area contributed by atoms with E-state index in [4.69, 9.17) is 15.6 Å². The summed E-state index contributed by atoms with van der Waals surface area (Å²) < 4.78 is 5.02. The Morgan fingerprint density at radius 3 is 2.91 bits per heavy atom. The third-order valence-electron chi connectivity index (χ3n) is 2.71. The Balaban J connectivity index is 1.93. The molecule has 1 rings (SSSR count). The van der Waals surface area contributed by atoms with Gasteiger partial charge in [-0.15, -0.1) is 0 Å². The number of hydrogen-bond donors (Lipinski definition) is 3. The monoisotopic (exact) mass is 359 g/mol. The summed E-state index contributed by atoms with van der Waals surface area (Å²) in [6.07, 6.45) is 2.98. The second-order valence-corrected chi connectivity index (χ2v) is 7.01. The first kappa shape index (κ1) is 19.6. The Morgan fingerprint density at radius 1 is 1.39 bits per heavy atom. The molecule has 0 bridgehead atoms. The van der Waals surface area contributed by atoms with Crippen molar-refractivity contribution >= 4 is 33.7 Å². The Morgan fingerprint density at radius 2 is 2.22 bits per heavy atom. The SMILES string of the molecule is N[C@@H](CCCCNC(=O)OCCSSc1ccccn1)C(=O)O. The lowest BCUT2D eigenvalue weighted by molar-refractivity contribution is -0.138. The molecule has 23 heavy (non-hydrogen) atoms. The Hall–Kier alpha value is -1.45. The molecule has 0 radical (unpaired) electrons. The number of nitrogens with two attached hydrogens (primary N) is 1. The van der Waals surface area contributed by atoms with Crippen molar-refractivity contribution in [3.8, 4) is 0 Å². The number of ether oxygens (including phenoxy) is 1. The molecule has 1 atom stereocenters. The van der Waals surface area contributed by atoms with Crippen LogP contribution in [0, 0.1) is 0 Å². The molecule has 9 heteroatoms. The van der Waals surface area contributed by atoms with Crippen molar-refractivity contribution in [1.82, 2.24) is 10.3 Å². The number of hydrogen-bond acceptors (Lipinski definition) is 7. The maximum Gasteiger partial charge on any atom is 0.407 e. The first-order chi connectivity index (χ1) is 11.1. The number of amides is 1. The number of aromatic nitrogens is 1. The number of nitrogens with one attached hydrogen (secondary N) is 1. The summed E-state index contributed by atoms with van der Waals surface area (Å²) in [5, 5.41) is 12.2. The van der Waals surface area contributed by atoms with Crippen LogP contribution in [0.15, 0.2) is 29.4 Å². The van der Waals surface area contributed by atoms with Crippen LogP contribution in [0.1, 0.15) is 19.3 Å². The van der Waals surface area contributed by atoms with Crippen LogP contribution in [-0.2, 0) is 9.53 Å². The molecule has 4 N–H and O–H groups in total. The zero-order chi connectivity index (χ0) is 16.9. The molecule has 0 saturated carbocycles. The van der Waals surface area contributed by atoms with Gasteiger partial charge in [0, 0.05) is 18.5 Å². The minimum absolute atomic E-state index is 0.320. The fourth-order valence-corrected chi connectivity index (χ4v) is 3.23. The van der Waals surface area contributed by atoms with Gasteiger partial charge in [-0.1, -0.05) is 16.9 Å². The van der Waals surface area contributed by atoms with Crippen LogP contribution in [0.2, 0.25) is 0 Å². The third kappa shape index (κ3) is 10.0. The first-order valence-corrected chi connectivity index (χ1v) is 9.51. The standard InChI is InChI=1S/C14H21N3O4S2/c15-11(13(18)19)5-1-3-8-17-14(20)21-9-10-22-23-12-6-2-4-7-16-12/h2,4,6-7,11H,1,3,5,8-10,15H2,(H,17,20)(H,18,19)/t11-/m0/s1. The van der Waals surface area contributed by atoms with Crippen LogP contribution in [0.25, 0.3) is 0 Å². The zero-order valence-corrected chi connectivity index (χ0v) is 14.3. The van der Waals surface area contributed by atoms with Crippen molar-refractivity contribution in [3.05, 3.63) is 24.4 Å². The van der Waals surface area contributed by atoms with Gasteiger partial charge in [-0.05, 0) is 42.2 Å². The highest BCUT2D eigenvalue weighted by Crippen LogP contribution is 2.28. The van der Waals surface area contributed by atoms with Gasteiger partial charge >= 0.3 is 12.1 Å². The number of pyridine rings is 1. The van der Waals surface area contributed by atoms with Gasteiger partial charge in [0.05, 0.1) is 0 Å². The lowest BCUT2D eigenvalue weighted by Gasteiger charge is -2.08. The minimum atomic E-state index is -1.00. The summed E-state index contributed by atoms with van der Waals surface area (Å²) in [7, 11) is 3.10. The molecule has 0 saturated heterocycles. The summed E-state index contributed by atoms with van der Waals surface area (Å²) in [6, 6.07) is 4.86. The van der Waals surface area contributed by atoms with Gasteiger partial charge in [0.25, 0.3) is 0 Å². The summed E-state index contributed by atoms with van der Waals surface area (Å²) >= 11 is 0. The van der Waals surface area contributed by atoms with E-state index in [0.717, 1.165) is 5.03 Å². The second kappa shape index (κ2) is 12.0. The Bertz CT molecular complexity index is 476. The summed E-state index contributed by atoms with van der Waals surface area (Å²) in [4.78, 5) is 26.1. The van der Waals surface area contributed by atoms with E-state index in [1.807, 2.05) is 18.2 Å². The number of alkyl carbamates (subject to hydrolysis) is 1. The molecule has 128 valence electrons. The molecule has 0 spiro atoms. The molecule has 0 aliphatic carbocycles. The molecule has 0 aromatic carbocycles. The molecule has 0 aliphatic heterocycles. The lowest BCUT2D eigenvalue weighted by atomic mass is 10.1. The Kier molecular flexibility index (Phi) is 10.3. The van der Waals surface area contributed by atoms with Gasteiger partial charge in [0.1, 0.15) is 17.7 Å². The van der Waals surface area contributed by atoms with E-state index in [0.29, 0.717) is 38.2 Å². The quantitative estimate of drug-likeness (QED) is 0.407. The number of rotatable bonds is 11. The van der Waals surface area contributed by atoms with Crippen molar-refractivity contribution in [2.75, 3.05) is 18.9 Å². The van der Waals surface area contributed by atoms with Crippen LogP contribution in [0.3, 0.4) is 0 Å². The summed E-state index contributed by atoms with van der Waals surface area (Å²) in [6.45, 7) is 0.765. The minimum Gasteiger partial charge on any atom is -0.480 e. The van der Waals surface area contributed by atoms with E-state index in [1.165, 1.54) is 10.8 Å². The predicted octanol–water partition coefficient (Wildman–Crippen LogP) is 2.13. The number of carboxylic acid groups (broad SMARTS) is 1. The molecule has 1 heterocycles. The topological polar surface area (TPSA) is 115 Å². The van der Waals surface area contributed by atoms with Gasteiger partial charge in [-0.2, -0.15) is 0 Å². The predicted molar refractivity (Wildman–Crippen MR) is 91.4 cm³/mol. The smallest absolute Gasteiger partial charge is 0.407 e. The van der Waals surface area contributed by atoms with Crippen LogP contribution in [-0.4, -0.2) is 47.1 Å². The second-order valence-electron chi connectivity index (χ2n) is 4.58. The fraction of sp³-hybridized carbons (Fsp3) is 0.500. The molecule has 0 aliphatic rings. The first-order valence-electron chi connectivity index (χ1n) is 7.19. The zero-order valence-electron chi connectivity index (χ0n) is 12.6. The average molecular weight is 359 g/mol. The number of carbonyl (C=O) groups is 2. The van der Waals surface area contributed by atoms with E-state index in [-0.39, 0.29) is 0 Å². The molecule has 0 unspecified atom stereocenters. The van der Waals surface area contributed by atoms with E-state index >= 15 is 0 Å². The van der Waals surface area contributed by atoms with Gasteiger partial charge < -0.3 is 20.9 Å². The number of aliphatic carboxylic acids is 1. The van der Waals surface area contributed by atoms with E-state index in [2.05, 4.69) is 10.3 Å². The van der Waals surface area contributed by atoms with Gasteiger partial charge in [0.2, 0.25) is 0 Å². The van der Waals surface area contributed by atoms with Gasteiger partial charge in [0.15, 0.2) is 0 Å². The van der Waals surface area contributed by atoms with Crippen LogP contribution >= 0.6 is 21.6 Å². The lowest BCUT2D eigenvalue weighted by Crippen LogP contribution is -2.30. The maximum absolute atomic E-state index is 11.4. The molecular formula is C14H21N3O4S2. The highest BCUT2D eigenvalue weighted by molar-refractivity contribution is 8.76. The van der Waals surface area contributed by atoms with Crippen molar-refractivity contribution in [2.45, 2.75) is 30.3 Å². The van der Waals surface area contributed by atoms with Crippen LogP contribution < -0.4 is 11.1 Å². The maximum atomic E-state index is 11.4. The molecule has 1 aromatic heterocycles. The number of carbonyl (C=O) groups excluding carboxylic acids is 1. The largest absolute Gasteiger partial charge is 0.480 e. The van der Waals surface area contributed by atoms with Crippen LogP contribution in [0.4, 0.5) is 4.79 Å². The van der Waals surface area contributed by atoms with Crippen molar-refractivity contribution in [1.29, 1.82) is 0 Å². The normalized spacial score (nSPS) is 11.7. The van der Waals surface area contributed by atoms with Crippen LogP contribution in [0.5, 0.6) is 0 Å². The number of unbranched alkanes of at least 4 members (excludes halogenated alkanes) is 1. The number of carboxylic acids is 1. The summed E-state index contributed by atoms with van der Waals surface area (Å²) in [5.74, 6) is -0.333. The Labute approximate surface area is 143 Å². The molecule has 1 amide bonds. The van der Waals surface area contributed by atoms with E-state index in [9.17, 15) is 9.59 Å². The average Bonchev–Trinajstić information content (AvgIpc) is 2.54.